The Bertz CT molecular complexity index is 938. The summed E-state index contributed by atoms with van der Waals surface area (Å²) in [4.78, 5) is 0. The first-order chi connectivity index (χ1) is 13.8. The lowest BCUT2D eigenvalue weighted by molar-refractivity contribution is 0.270. The minimum atomic E-state index is -1.39. The molecule has 0 saturated heterocycles. The highest BCUT2D eigenvalue weighted by atomic mass is 32.2. The molecule has 29 heavy (non-hydrogen) atoms. The maximum atomic E-state index is 15.5. The summed E-state index contributed by atoms with van der Waals surface area (Å²) in [6.07, 6.45) is -0.954. The Morgan fingerprint density at radius 3 is 2.07 bits per heavy atom. The lowest BCUT2D eigenvalue weighted by Crippen LogP contribution is -2.39. The van der Waals surface area contributed by atoms with Crippen molar-refractivity contribution in [2.75, 3.05) is 0 Å². The molecule has 0 fully saturated rings. The van der Waals surface area contributed by atoms with Gasteiger partial charge in [-0.15, -0.1) is 0 Å². The zero-order valence-corrected chi connectivity index (χ0v) is 18.0. The van der Waals surface area contributed by atoms with Crippen LogP contribution in [0.1, 0.15) is 37.9 Å². The second-order valence-electron chi connectivity index (χ2n) is 8.17. The van der Waals surface area contributed by atoms with Gasteiger partial charge in [0.2, 0.25) is 0 Å². The Balaban J connectivity index is 1.93. The molecular weight excluding hydrogens is 381 g/mol. The average Bonchev–Trinajstić information content (AvgIpc) is 2.72. The van der Waals surface area contributed by atoms with E-state index in [-0.39, 0.29) is 6.42 Å². The van der Waals surface area contributed by atoms with Crippen molar-refractivity contribution in [3.63, 3.8) is 0 Å². The van der Waals surface area contributed by atoms with Crippen LogP contribution in [0.25, 0.3) is 11.1 Å². The first-order valence-electron chi connectivity index (χ1n) is 9.86. The molecule has 1 N–H and O–H groups in total. The standard InChI is InChI=1S/C25H28FNOS/c1-25(2,3)29(28)27-24(23(26)17-19-11-6-4-7-12-19)22-16-10-15-21(18-22)20-13-8-5-9-14-20/h4-16,18,23-24,27H,17H2,1-3H3/t23-,24-,29?/m1/s1. The SMILES string of the molecule is CC(C)(C)S(=O)N[C@H](c1cccc(-c2ccccc2)c1)[C@H](F)Cc1ccccc1. The molecule has 0 aliphatic carbocycles. The van der Waals surface area contributed by atoms with Crippen molar-refractivity contribution < 1.29 is 8.60 Å². The summed E-state index contributed by atoms with van der Waals surface area (Å²) >= 11 is 0. The summed E-state index contributed by atoms with van der Waals surface area (Å²) in [5.41, 5.74) is 3.81. The highest BCUT2D eigenvalue weighted by Crippen LogP contribution is 2.29. The third-order valence-electron chi connectivity index (χ3n) is 4.78. The van der Waals surface area contributed by atoms with Crippen LogP contribution in [0.15, 0.2) is 84.9 Å². The van der Waals surface area contributed by atoms with Crippen LogP contribution in [-0.4, -0.2) is 15.1 Å². The summed E-state index contributed by atoms with van der Waals surface area (Å²) in [6, 6.07) is 26.8. The van der Waals surface area contributed by atoms with Crippen LogP contribution in [-0.2, 0) is 17.4 Å². The minimum absolute atomic E-state index is 0.259. The zero-order valence-electron chi connectivity index (χ0n) is 17.1. The molecule has 0 aromatic heterocycles. The van der Waals surface area contributed by atoms with Gasteiger partial charge < -0.3 is 0 Å². The van der Waals surface area contributed by atoms with Gasteiger partial charge in [0.05, 0.1) is 21.8 Å². The van der Waals surface area contributed by atoms with Crippen molar-refractivity contribution in [1.82, 2.24) is 4.72 Å². The van der Waals surface area contributed by atoms with Crippen molar-refractivity contribution in [3.8, 4) is 11.1 Å². The smallest absolute Gasteiger partial charge is 0.124 e. The van der Waals surface area contributed by atoms with Crippen molar-refractivity contribution in [1.29, 1.82) is 0 Å². The molecule has 0 saturated carbocycles. The van der Waals surface area contributed by atoms with Gasteiger partial charge in [-0.05, 0) is 49.1 Å². The zero-order chi connectivity index (χ0) is 20.9. The maximum absolute atomic E-state index is 15.5. The summed E-state index contributed by atoms with van der Waals surface area (Å²) in [5, 5.41) is 0. The highest BCUT2D eigenvalue weighted by molar-refractivity contribution is 7.84. The van der Waals surface area contributed by atoms with Gasteiger partial charge in [-0.25, -0.2) is 13.3 Å². The third-order valence-corrected chi connectivity index (χ3v) is 6.36. The number of nitrogens with one attached hydrogen (secondary N) is 1. The first kappa shape index (κ1) is 21.4. The van der Waals surface area contributed by atoms with Gasteiger partial charge in [-0.1, -0.05) is 78.9 Å². The fraction of sp³-hybridized carbons (Fsp3) is 0.280. The Labute approximate surface area is 175 Å². The Kier molecular flexibility index (Phi) is 6.99. The van der Waals surface area contributed by atoms with Crippen LogP contribution < -0.4 is 4.72 Å². The minimum Gasteiger partial charge on any atom is -0.245 e. The fourth-order valence-electron chi connectivity index (χ4n) is 3.14. The van der Waals surface area contributed by atoms with E-state index >= 15 is 4.39 Å². The predicted molar refractivity (Wildman–Crippen MR) is 121 cm³/mol. The van der Waals surface area contributed by atoms with Gasteiger partial charge in [0, 0.05) is 6.42 Å². The molecule has 3 aromatic carbocycles. The predicted octanol–water partition coefficient (Wildman–Crippen LogP) is 6.03. The number of hydrogen-bond acceptors (Lipinski definition) is 1. The lowest BCUT2D eigenvalue weighted by atomic mass is 9.95. The van der Waals surface area contributed by atoms with Crippen LogP contribution in [0.2, 0.25) is 0 Å². The van der Waals surface area contributed by atoms with Gasteiger partial charge in [0.25, 0.3) is 0 Å². The van der Waals surface area contributed by atoms with Gasteiger partial charge in [0.15, 0.2) is 0 Å². The number of rotatable bonds is 7. The summed E-state index contributed by atoms with van der Waals surface area (Å²) in [6.45, 7) is 5.66. The molecule has 152 valence electrons. The van der Waals surface area contributed by atoms with E-state index in [9.17, 15) is 4.21 Å². The molecular formula is C25H28FNOS. The second-order valence-corrected chi connectivity index (χ2v) is 10.2. The Morgan fingerprint density at radius 2 is 1.45 bits per heavy atom. The van der Waals surface area contributed by atoms with Gasteiger partial charge in [0.1, 0.15) is 6.17 Å². The van der Waals surface area contributed by atoms with Gasteiger partial charge in [-0.3, -0.25) is 0 Å². The molecule has 3 aromatic rings. The number of alkyl halides is 1. The number of halogens is 1. The van der Waals surface area contributed by atoms with Crippen LogP contribution in [0, 0.1) is 0 Å². The molecule has 0 bridgehead atoms. The first-order valence-corrected chi connectivity index (χ1v) is 11.0. The molecule has 0 aliphatic rings. The van der Waals surface area contributed by atoms with Crippen molar-refractivity contribution >= 4 is 11.0 Å². The summed E-state index contributed by atoms with van der Waals surface area (Å²) < 4.78 is 30.9. The van der Waals surface area contributed by atoms with E-state index in [1.807, 2.05) is 106 Å². The molecule has 1 unspecified atom stereocenters. The van der Waals surface area contributed by atoms with Crippen molar-refractivity contribution in [2.24, 2.45) is 0 Å². The molecule has 0 amide bonds. The molecule has 0 aliphatic heterocycles. The van der Waals surface area contributed by atoms with E-state index in [2.05, 4.69) is 4.72 Å². The molecule has 3 atom stereocenters. The fourth-order valence-corrected chi connectivity index (χ4v) is 4.01. The molecule has 0 spiro atoms. The lowest BCUT2D eigenvalue weighted by Gasteiger charge is -2.27. The normalized spacial score (nSPS) is 14.9. The van der Waals surface area contributed by atoms with Crippen LogP contribution in [0.4, 0.5) is 4.39 Å². The van der Waals surface area contributed by atoms with Gasteiger partial charge in [-0.2, -0.15) is 0 Å². The topological polar surface area (TPSA) is 29.1 Å². The molecule has 3 rings (SSSR count). The van der Waals surface area contributed by atoms with E-state index in [4.69, 9.17) is 0 Å². The largest absolute Gasteiger partial charge is 0.245 e. The maximum Gasteiger partial charge on any atom is 0.124 e. The highest BCUT2D eigenvalue weighted by Gasteiger charge is 2.29. The number of hydrogen-bond donors (Lipinski definition) is 1. The summed E-state index contributed by atoms with van der Waals surface area (Å²) in [5.74, 6) is 0. The second kappa shape index (κ2) is 9.47. The molecule has 0 heterocycles. The number of benzene rings is 3. The van der Waals surface area contributed by atoms with E-state index in [0.29, 0.717) is 0 Å². The summed E-state index contributed by atoms with van der Waals surface area (Å²) in [7, 11) is -1.39. The van der Waals surface area contributed by atoms with E-state index < -0.39 is 27.9 Å². The van der Waals surface area contributed by atoms with E-state index in [0.717, 1.165) is 22.3 Å². The molecule has 4 heteroatoms. The molecule has 2 nitrogen and oxygen atoms in total. The van der Waals surface area contributed by atoms with E-state index in [1.54, 1.807) is 0 Å². The quantitative estimate of drug-likeness (QED) is 0.507. The van der Waals surface area contributed by atoms with Crippen molar-refractivity contribution in [3.05, 3.63) is 96.1 Å². The molecule has 0 radical (unpaired) electrons. The third kappa shape index (κ3) is 5.84. The monoisotopic (exact) mass is 409 g/mol. The van der Waals surface area contributed by atoms with Gasteiger partial charge >= 0.3 is 0 Å². The van der Waals surface area contributed by atoms with E-state index in [1.165, 1.54) is 0 Å². The Hall–Kier alpha value is -2.30. The Morgan fingerprint density at radius 1 is 0.862 bits per heavy atom. The van der Waals surface area contributed by atoms with Crippen LogP contribution in [0.3, 0.4) is 0 Å². The van der Waals surface area contributed by atoms with Crippen LogP contribution in [0.5, 0.6) is 0 Å². The average molecular weight is 410 g/mol. The van der Waals surface area contributed by atoms with Crippen LogP contribution >= 0.6 is 0 Å². The van der Waals surface area contributed by atoms with Crippen molar-refractivity contribution in [2.45, 2.75) is 44.2 Å².